The maximum atomic E-state index is 5.22. The number of nitrogens with two attached hydrogens (primary N) is 1. The van der Waals surface area contributed by atoms with Crippen LogP contribution in [0.25, 0.3) is 0 Å². The summed E-state index contributed by atoms with van der Waals surface area (Å²) in [6, 6.07) is 1.74. The molecule has 1 aromatic heterocycles. The van der Waals surface area contributed by atoms with Gasteiger partial charge in [-0.3, -0.25) is 0 Å². The molecular weight excluding hydrogens is 130 g/mol. The number of nitrogens with zero attached hydrogens (tertiary/aromatic N) is 2. The van der Waals surface area contributed by atoms with Crippen LogP contribution in [0.1, 0.15) is 0 Å². The minimum atomic E-state index is 0.516. The van der Waals surface area contributed by atoms with Crippen molar-refractivity contribution in [1.29, 1.82) is 0 Å². The van der Waals surface area contributed by atoms with Crippen molar-refractivity contribution in [3.05, 3.63) is 18.5 Å². The molecule has 1 rings (SSSR count). The summed E-state index contributed by atoms with van der Waals surface area (Å²) in [7, 11) is 0. The number of rotatable bonds is 3. The molecule has 4 heteroatoms. The molecule has 0 spiro atoms. The molecule has 0 fully saturated rings. The molecule has 10 heavy (non-hydrogen) atoms. The van der Waals surface area contributed by atoms with Crippen molar-refractivity contribution in [1.82, 2.24) is 10.2 Å². The highest BCUT2D eigenvalue weighted by atomic mass is 16.5. The van der Waals surface area contributed by atoms with Gasteiger partial charge in [-0.2, -0.15) is 10.2 Å². The van der Waals surface area contributed by atoms with E-state index in [4.69, 9.17) is 10.5 Å². The fourth-order valence-corrected chi connectivity index (χ4v) is 0.541. The summed E-state index contributed by atoms with van der Waals surface area (Å²) in [6.45, 7) is 1.04. The summed E-state index contributed by atoms with van der Waals surface area (Å²) in [5.41, 5.74) is 5.22. The van der Waals surface area contributed by atoms with E-state index in [9.17, 15) is 0 Å². The predicted molar refractivity (Wildman–Crippen MR) is 36.6 cm³/mol. The average Bonchev–Trinajstić information content (AvgIpc) is 2.03. The second-order valence-electron chi connectivity index (χ2n) is 1.72. The van der Waals surface area contributed by atoms with Crippen LogP contribution in [0.5, 0.6) is 5.75 Å². The van der Waals surface area contributed by atoms with E-state index in [0.717, 1.165) is 0 Å². The van der Waals surface area contributed by atoms with Gasteiger partial charge in [-0.05, 0) is 0 Å². The van der Waals surface area contributed by atoms with Crippen LogP contribution in [0.3, 0.4) is 0 Å². The highest BCUT2D eigenvalue weighted by Gasteiger charge is 1.88. The third-order valence-electron chi connectivity index (χ3n) is 0.944. The fraction of sp³-hybridized carbons (Fsp3) is 0.333. The van der Waals surface area contributed by atoms with E-state index in [0.29, 0.717) is 18.9 Å². The molecule has 54 valence electrons. The van der Waals surface area contributed by atoms with Crippen LogP contribution < -0.4 is 10.5 Å². The molecule has 1 heterocycles. The molecule has 2 N–H and O–H groups in total. The summed E-state index contributed by atoms with van der Waals surface area (Å²) in [4.78, 5) is 0. The topological polar surface area (TPSA) is 61.0 Å². The van der Waals surface area contributed by atoms with Gasteiger partial charge in [-0.25, -0.2) is 0 Å². The van der Waals surface area contributed by atoms with Crippen LogP contribution in [-0.4, -0.2) is 23.3 Å². The first-order chi connectivity index (χ1) is 4.93. The molecule has 1 aromatic rings. The minimum absolute atomic E-state index is 0.516. The van der Waals surface area contributed by atoms with E-state index in [1.54, 1.807) is 18.5 Å². The average molecular weight is 139 g/mol. The summed E-state index contributed by atoms with van der Waals surface area (Å²) in [6.07, 6.45) is 3.13. The normalized spacial score (nSPS) is 9.30. The van der Waals surface area contributed by atoms with Gasteiger partial charge in [0.25, 0.3) is 0 Å². The van der Waals surface area contributed by atoms with Gasteiger partial charge >= 0.3 is 0 Å². The van der Waals surface area contributed by atoms with Crippen LogP contribution in [0, 0.1) is 0 Å². The Hall–Kier alpha value is -1.16. The molecular formula is C6H9N3O. The zero-order chi connectivity index (χ0) is 7.23. The molecule has 0 bridgehead atoms. The van der Waals surface area contributed by atoms with Crippen LogP contribution in [-0.2, 0) is 0 Å². The molecule has 0 atom stereocenters. The fourth-order valence-electron chi connectivity index (χ4n) is 0.541. The lowest BCUT2D eigenvalue weighted by atomic mass is 10.5. The Bertz CT molecular complexity index is 178. The van der Waals surface area contributed by atoms with E-state index in [2.05, 4.69) is 10.2 Å². The lowest BCUT2D eigenvalue weighted by Crippen LogP contribution is -2.10. The molecule has 0 aliphatic heterocycles. The van der Waals surface area contributed by atoms with Crippen molar-refractivity contribution in [2.75, 3.05) is 13.2 Å². The molecule has 0 unspecified atom stereocenters. The van der Waals surface area contributed by atoms with Gasteiger partial charge in [0.1, 0.15) is 12.4 Å². The van der Waals surface area contributed by atoms with Crippen molar-refractivity contribution in [3.8, 4) is 5.75 Å². The van der Waals surface area contributed by atoms with E-state index >= 15 is 0 Å². The van der Waals surface area contributed by atoms with Crippen LogP contribution in [0.2, 0.25) is 0 Å². The Morgan fingerprint density at radius 2 is 2.40 bits per heavy atom. The third kappa shape index (κ3) is 1.99. The van der Waals surface area contributed by atoms with Crippen LogP contribution >= 0.6 is 0 Å². The lowest BCUT2D eigenvalue weighted by molar-refractivity contribution is 0.326. The summed E-state index contributed by atoms with van der Waals surface area (Å²) in [5, 5.41) is 7.21. The second kappa shape index (κ2) is 3.79. The van der Waals surface area contributed by atoms with E-state index < -0.39 is 0 Å². The maximum Gasteiger partial charge on any atom is 0.141 e. The van der Waals surface area contributed by atoms with E-state index in [1.165, 1.54) is 0 Å². The van der Waals surface area contributed by atoms with Crippen molar-refractivity contribution >= 4 is 0 Å². The minimum Gasteiger partial charge on any atom is -0.491 e. The molecule has 4 nitrogen and oxygen atoms in total. The molecule has 0 saturated heterocycles. The molecule has 0 aromatic carbocycles. The Morgan fingerprint density at radius 3 is 3.00 bits per heavy atom. The SMILES string of the molecule is NCCOc1ccnnc1. The Labute approximate surface area is 59.0 Å². The van der Waals surface area contributed by atoms with E-state index in [-0.39, 0.29) is 0 Å². The van der Waals surface area contributed by atoms with Crippen molar-refractivity contribution < 1.29 is 4.74 Å². The van der Waals surface area contributed by atoms with Gasteiger partial charge in [0.15, 0.2) is 0 Å². The quantitative estimate of drug-likeness (QED) is 0.630. The highest BCUT2D eigenvalue weighted by molar-refractivity contribution is 5.12. The first-order valence-corrected chi connectivity index (χ1v) is 3.03. The number of aromatic nitrogens is 2. The number of hydrogen-bond donors (Lipinski definition) is 1. The van der Waals surface area contributed by atoms with Gasteiger partial charge in [0.05, 0.1) is 12.4 Å². The van der Waals surface area contributed by atoms with E-state index in [1.807, 2.05) is 0 Å². The zero-order valence-electron chi connectivity index (χ0n) is 5.53. The van der Waals surface area contributed by atoms with Gasteiger partial charge in [-0.1, -0.05) is 0 Å². The smallest absolute Gasteiger partial charge is 0.141 e. The monoisotopic (exact) mass is 139 g/mol. The predicted octanol–water partition coefficient (Wildman–Crippen LogP) is -0.186. The Kier molecular flexibility index (Phi) is 2.63. The van der Waals surface area contributed by atoms with Crippen molar-refractivity contribution in [3.63, 3.8) is 0 Å². The Morgan fingerprint density at radius 1 is 1.50 bits per heavy atom. The van der Waals surface area contributed by atoms with Crippen molar-refractivity contribution in [2.45, 2.75) is 0 Å². The van der Waals surface area contributed by atoms with Crippen LogP contribution in [0.15, 0.2) is 18.5 Å². The number of hydrogen-bond acceptors (Lipinski definition) is 4. The van der Waals surface area contributed by atoms with Gasteiger partial charge in [-0.15, -0.1) is 0 Å². The summed E-state index contributed by atoms with van der Waals surface area (Å²) in [5.74, 6) is 0.709. The lowest BCUT2D eigenvalue weighted by Gasteiger charge is -2.00. The van der Waals surface area contributed by atoms with Gasteiger partial charge in [0, 0.05) is 12.6 Å². The summed E-state index contributed by atoms with van der Waals surface area (Å²) < 4.78 is 5.13. The largest absolute Gasteiger partial charge is 0.491 e. The molecule has 0 aliphatic rings. The molecule has 0 radical (unpaired) electrons. The third-order valence-corrected chi connectivity index (χ3v) is 0.944. The second-order valence-corrected chi connectivity index (χ2v) is 1.72. The first-order valence-electron chi connectivity index (χ1n) is 3.03. The number of ether oxygens (including phenoxy) is 1. The zero-order valence-corrected chi connectivity index (χ0v) is 5.53. The molecule has 0 amide bonds. The van der Waals surface area contributed by atoms with Gasteiger partial charge in [0.2, 0.25) is 0 Å². The maximum absolute atomic E-state index is 5.22. The molecule has 0 aliphatic carbocycles. The van der Waals surface area contributed by atoms with Crippen LogP contribution in [0.4, 0.5) is 0 Å². The van der Waals surface area contributed by atoms with Crippen molar-refractivity contribution in [2.24, 2.45) is 5.73 Å². The first kappa shape index (κ1) is 6.95. The Balaban J connectivity index is 2.43. The standard InChI is InChI=1S/C6H9N3O/c7-2-4-10-6-1-3-8-9-5-6/h1,3,5H,2,4,7H2. The highest BCUT2D eigenvalue weighted by Crippen LogP contribution is 2.03. The van der Waals surface area contributed by atoms with Gasteiger partial charge < -0.3 is 10.5 Å². The molecule has 0 saturated carbocycles. The summed E-state index contributed by atoms with van der Waals surface area (Å²) >= 11 is 0.